The van der Waals surface area contributed by atoms with Crippen molar-refractivity contribution in [1.82, 2.24) is 9.88 Å². The van der Waals surface area contributed by atoms with Crippen LogP contribution in [0.4, 0.5) is 11.4 Å². The van der Waals surface area contributed by atoms with Gasteiger partial charge in [-0.1, -0.05) is 24.8 Å². The molecule has 1 aliphatic heterocycles. The molecule has 3 amide bonds. The van der Waals surface area contributed by atoms with E-state index in [0.717, 1.165) is 29.5 Å². The maximum atomic E-state index is 12.5. The summed E-state index contributed by atoms with van der Waals surface area (Å²) < 4.78 is 0.770. The van der Waals surface area contributed by atoms with E-state index in [2.05, 4.69) is 22.5 Å². The van der Waals surface area contributed by atoms with Gasteiger partial charge in [0.05, 0.1) is 17.9 Å². The second-order valence-electron chi connectivity index (χ2n) is 7.47. The number of aromatic nitrogens is 1. The number of nitrogens with zero attached hydrogens (tertiary/aromatic N) is 2. The molecule has 30 heavy (non-hydrogen) atoms. The summed E-state index contributed by atoms with van der Waals surface area (Å²) in [7, 11) is 0. The number of anilines is 2. The van der Waals surface area contributed by atoms with Gasteiger partial charge in [-0.15, -0.1) is 11.3 Å². The molecule has 0 unspecified atom stereocenters. The Morgan fingerprint density at radius 3 is 2.77 bits per heavy atom. The smallest absolute Gasteiger partial charge is 0.234 e. The molecule has 7 nitrogen and oxygen atoms in total. The zero-order valence-corrected chi connectivity index (χ0v) is 18.8. The summed E-state index contributed by atoms with van der Waals surface area (Å²) in [5.74, 6) is 0.577. The summed E-state index contributed by atoms with van der Waals surface area (Å²) in [4.78, 5) is 42.3. The number of carbonyl (C=O) groups is 3. The third-order valence-corrected chi connectivity index (χ3v) is 6.74. The first kappa shape index (κ1) is 22.3. The van der Waals surface area contributed by atoms with Gasteiger partial charge in [0.25, 0.3) is 0 Å². The zero-order chi connectivity index (χ0) is 21.5. The van der Waals surface area contributed by atoms with Gasteiger partial charge in [0.15, 0.2) is 4.34 Å². The number of nitrogens with one attached hydrogen (secondary N) is 2. The number of thiazole rings is 1. The van der Waals surface area contributed by atoms with E-state index in [1.807, 2.05) is 10.3 Å². The maximum Gasteiger partial charge on any atom is 0.234 e. The van der Waals surface area contributed by atoms with E-state index >= 15 is 0 Å². The highest BCUT2D eigenvalue weighted by Crippen LogP contribution is 2.24. The van der Waals surface area contributed by atoms with Crippen molar-refractivity contribution in [2.45, 2.75) is 37.4 Å². The van der Waals surface area contributed by atoms with Crippen LogP contribution in [0, 0.1) is 5.92 Å². The number of benzene rings is 1. The number of thioether (sulfide) groups is 1. The predicted molar refractivity (Wildman–Crippen MR) is 121 cm³/mol. The number of amides is 3. The van der Waals surface area contributed by atoms with Crippen LogP contribution in [0.25, 0.3) is 0 Å². The minimum Gasteiger partial charge on any atom is -0.342 e. The first-order valence-corrected chi connectivity index (χ1v) is 11.8. The summed E-state index contributed by atoms with van der Waals surface area (Å²) in [6.45, 7) is 5.27. The Bertz CT molecular complexity index is 915. The quantitative estimate of drug-likeness (QED) is 0.634. The Balaban J connectivity index is 1.46. The Labute approximate surface area is 184 Å². The number of piperidine rings is 1. The summed E-state index contributed by atoms with van der Waals surface area (Å²) in [5, 5.41) is 7.39. The van der Waals surface area contributed by atoms with E-state index < -0.39 is 0 Å². The molecule has 0 radical (unpaired) electrons. The molecule has 2 heterocycles. The SMILES string of the molecule is CC(=O)Nc1cccc(NC(=O)CSc2nc(CC(=O)N3CCC[C@@H](C)C3)cs2)c1. The summed E-state index contributed by atoms with van der Waals surface area (Å²) >= 11 is 2.80. The second-order valence-corrected chi connectivity index (χ2v) is 9.55. The summed E-state index contributed by atoms with van der Waals surface area (Å²) in [6.07, 6.45) is 2.56. The Kier molecular flexibility index (Phi) is 7.87. The van der Waals surface area contributed by atoms with Gasteiger partial charge in [-0.3, -0.25) is 14.4 Å². The van der Waals surface area contributed by atoms with Gasteiger partial charge in [0.2, 0.25) is 17.7 Å². The Morgan fingerprint density at radius 1 is 1.27 bits per heavy atom. The molecule has 1 aromatic heterocycles. The molecule has 1 saturated heterocycles. The topological polar surface area (TPSA) is 91.4 Å². The molecule has 2 N–H and O–H groups in total. The highest BCUT2D eigenvalue weighted by Gasteiger charge is 2.21. The van der Waals surface area contributed by atoms with Crippen LogP contribution in [0.1, 0.15) is 32.4 Å². The molecule has 0 bridgehead atoms. The van der Waals surface area contributed by atoms with Crippen LogP contribution in [-0.4, -0.2) is 46.4 Å². The fourth-order valence-corrected chi connectivity index (χ4v) is 4.97. The molecule has 9 heteroatoms. The molecular weight excluding hydrogens is 420 g/mol. The molecule has 1 fully saturated rings. The van der Waals surface area contributed by atoms with E-state index in [1.165, 1.54) is 36.4 Å². The average molecular weight is 447 g/mol. The van der Waals surface area contributed by atoms with Crippen LogP contribution in [-0.2, 0) is 20.8 Å². The van der Waals surface area contributed by atoms with Crippen molar-refractivity contribution in [2.75, 3.05) is 29.5 Å². The molecule has 0 saturated carbocycles. The zero-order valence-electron chi connectivity index (χ0n) is 17.1. The second kappa shape index (κ2) is 10.6. The summed E-state index contributed by atoms with van der Waals surface area (Å²) in [6, 6.07) is 7.00. The first-order chi connectivity index (χ1) is 14.4. The average Bonchev–Trinajstić information content (AvgIpc) is 3.13. The van der Waals surface area contributed by atoms with Gasteiger partial charge < -0.3 is 15.5 Å². The Hall–Kier alpha value is -2.39. The number of rotatable bonds is 7. The van der Waals surface area contributed by atoms with Gasteiger partial charge in [0.1, 0.15) is 0 Å². The fraction of sp³-hybridized carbons (Fsp3) is 0.429. The molecule has 3 rings (SSSR count). The first-order valence-electron chi connectivity index (χ1n) is 9.91. The monoisotopic (exact) mass is 446 g/mol. The van der Waals surface area contributed by atoms with Gasteiger partial charge in [-0.05, 0) is 37.0 Å². The van der Waals surface area contributed by atoms with Gasteiger partial charge in [0, 0.05) is 36.8 Å². The minimum atomic E-state index is -0.165. The lowest BCUT2D eigenvalue weighted by molar-refractivity contribution is -0.132. The van der Waals surface area contributed by atoms with Crippen molar-refractivity contribution >= 4 is 52.2 Å². The third kappa shape index (κ3) is 6.84. The Morgan fingerprint density at radius 2 is 2.03 bits per heavy atom. The summed E-state index contributed by atoms with van der Waals surface area (Å²) in [5.41, 5.74) is 2.01. The van der Waals surface area contributed by atoms with Crippen LogP contribution in [0.2, 0.25) is 0 Å². The molecule has 1 atom stereocenters. The highest BCUT2D eigenvalue weighted by molar-refractivity contribution is 8.01. The van der Waals surface area contributed by atoms with Crippen molar-refractivity contribution in [2.24, 2.45) is 5.92 Å². The molecule has 1 aliphatic rings. The van der Waals surface area contributed by atoms with E-state index in [1.54, 1.807) is 24.3 Å². The van der Waals surface area contributed by atoms with Crippen molar-refractivity contribution < 1.29 is 14.4 Å². The maximum absolute atomic E-state index is 12.5. The molecular formula is C21H26N4O3S2. The lowest BCUT2D eigenvalue weighted by Crippen LogP contribution is -2.39. The van der Waals surface area contributed by atoms with E-state index in [4.69, 9.17) is 0 Å². The van der Waals surface area contributed by atoms with Crippen molar-refractivity contribution in [3.63, 3.8) is 0 Å². The van der Waals surface area contributed by atoms with Crippen LogP contribution in [0.3, 0.4) is 0 Å². The van der Waals surface area contributed by atoms with Gasteiger partial charge >= 0.3 is 0 Å². The minimum absolute atomic E-state index is 0.125. The number of hydrogen-bond donors (Lipinski definition) is 2. The highest BCUT2D eigenvalue weighted by atomic mass is 32.2. The normalized spacial score (nSPS) is 16.2. The lowest BCUT2D eigenvalue weighted by atomic mass is 10.00. The lowest BCUT2D eigenvalue weighted by Gasteiger charge is -2.30. The number of hydrogen-bond acceptors (Lipinski definition) is 6. The van der Waals surface area contributed by atoms with Gasteiger partial charge in [-0.25, -0.2) is 4.98 Å². The molecule has 0 aliphatic carbocycles. The fourth-order valence-electron chi connectivity index (χ4n) is 3.32. The molecule has 2 aromatic rings. The predicted octanol–water partition coefficient (Wildman–Crippen LogP) is 3.63. The van der Waals surface area contributed by atoms with E-state index in [9.17, 15) is 14.4 Å². The standard InChI is InChI=1S/C21H26N4O3S2/c1-14-5-4-8-25(11-14)20(28)10-18-12-29-21(24-18)30-13-19(27)23-17-7-3-6-16(9-17)22-15(2)26/h3,6-7,9,12,14H,4-5,8,10-11,13H2,1-2H3,(H,22,26)(H,23,27)/t14-/m1/s1. The van der Waals surface area contributed by atoms with Crippen LogP contribution < -0.4 is 10.6 Å². The largest absolute Gasteiger partial charge is 0.342 e. The number of likely N-dealkylation sites (tertiary alicyclic amines) is 1. The van der Waals surface area contributed by atoms with Crippen LogP contribution in [0.15, 0.2) is 34.0 Å². The molecule has 1 aromatic carbocycles. The van der Waals surface area contributed by atoms with Crippen molar-refractivity contribution in [3.05, 3.63) is 35.3 Å². The van der Waals surface area contributed by atoms with Crippen LogP contribution >= 0.6 is 23.1 Å². The van der Waals surface area contributed by atoms with E-state index in [-0.39, 0.29) is 23.5 Å². The number of carbonyl (C=O) groups excluding carboxylic acids is 3. The van der Waals surface area contributed by atoms with Gasteiger partial charge in [-0.2, -0.15) is 0 Å². The molecule has 160 valence electrons. The molecule has 0 spiro atoms. The van der Waals surface area contributed by atoms with E-state index in [0.29, 0.717) is 23.7 Å². The third-order valence-electron chi connectivity index (χ3n) is 4.67. The van der Waals surface area contributed by atoms with Crippen molar-refractivity contribution in [1.29, 1.82) is 0 Å². The van der Waals surface area contributed by atoms with Crippen LogP contribution in [0.5, 0.6) is 0 Å². The van der Waals surface area contributed by atoms with Crippen molar-refractivity contribution in [3.8, 4) is 0 Å².